The molecule has 0 aliphatic heterocycles. The highest BCUT2D eigenvalue weighted by Crippen LogP contribution is 2.25. The first-order chi connectivity index (χ1) is 11.5. The van der Waals surface area contributed by atoms with Gasteiger partial charge in [-0.2, -0.15) is 25.3 Å². The van der Waals surface area contributed by atoms with Gasteiger partial charge in [-0.25, -0.2) is 4.21 Å². The predicted octanol–water partition coefficient (Wildman–Crippen LogP) is -0.465. The van der Waals surface area contributed by atoms with Crippen LogP contribution in [-0.4, -0.2) is 69.5 Å². The zero-order chi connectivity index (χ0) is 20.9. The second-order valence-corrected chi connectivity index (χ2v) is 11.3. The van der Waals surface area contributed by atoms with Crippen molar-refractivity contribution in [2.75, 3.05) is 0 Å². The molecular formula is C10H21O12S4-. The molecule has 0 aromatic carbocycles. The molecule has 0 bridgehead atoms. The van der Waals surface area contributed by atoms with Crippen LogP contribution in [0.2, 0.25) is 0 Å². The Morgan fingerprint density at radius 2 is 1.19 bits per heavy atom. The summed E-state index contributed by atoms with van der Waals surface area (Å²) in [7, 11) is -14.5. The van der Waals surface area contributed by atoms with Crippen LogP contribution in [0.1, 0.15) is 39.5 Å². The smallest absolute Gasteiger partial charge is 0.267 e. The zero-order valence-corrected chi connectivity index (χ0v) is 17.1. The first kappa shape index (κ1) is 25.8. The lowest BCUT2D eigenvalue weighted by atomic mass is 10.1. The summed E-state index contributed by atoms with van der Waals surface area (Å²) >= 11 is -3.00. The molecule has 0 aliphatic rings. The first-order valence-corrected chi connectivity index (χ1v) is 12.6. The van der Waals surface area contributed by atoms with Crippen LogP contribution in [0.4, 0.5) is 0 Å². The average Bonchev–Trinajstić information content (AvgIpc) is 2.36. The van der Waals surface area contributed by atoms with Gasteiger partial charge < -0.3 is 4.55 Å². The third-order valence-electron chi connectivity index (χ3n) is 3.61. The van der Waals surface area contributed by atoms with Crippen molar-refractivity contribution in [1.29, 1.82) is 0 Å². The molecule has 16 heteroatoms. The van der Waals surface area contributed by atoms with Gasteiger partial charge in [-0.15, -0.1) is 0 Å². The van der Waals surface area contributed by atoms with Crippen molar-refractivity contribution in [3.05, 3.63) is 0 Å². The third kappa shape index (κ3) is 9.65. The molecule has 0 rings (SSSR count). The molecule has 158 valence electrons. The molecule has 5 unspecified atom stereocenters. The summed E-state index contributed by atoms with van der Waals surface area (Å²) in [4.78, 5) is 0. The van der Waals surface area contributed by atoms with Crippen LogP contribution in [0.25, 0.3) is 0 Å². The Morgan fingerprint density at radius 1 is 0.846 bits per heavy atom. The molecule has 0 saturated heterocycles. The van der Waals surface area contributed by atoms with E-state index in [2.05, 4.69) is 4.18 Å². The number of hydrogen-bond acceptors (Lipinski definition) is 9. The molecule has 0 saturated carbocycles. The van der Waals surface area contributed by atoms with Gasteiger partial charge in [0.2, 0.25) is 0 Å². The molecule has 5 atom stereocenters. The standard InChI is InChI=1S/C10H22O12S4/c1-3-8(24(13,14)15)5-10(26(19,20)21)6-9(25(16,17)18)4-7(2)22-23(11)12/h7-10H,3-6H2,1-2H3,(H,11,12)(H,13,14,15)(H,16,17,18)(H,19,20,21)/p-1. The molecule has 3 N–H and O–H groups in total. The van der Waals surface area contributed by atoms with E-state index in [1.807, 2.05) is 0 Å². The monoisotopic (exact) mass is 461 g/mol. The topological polar surface area (TPSA) is 212 Å². The Hall–Kier alpha value is -0.200. The fraction of sp³-hybridized carbons (Fsp3) is 1.00. The lowest BCUT2D eigenvalue weighted by Gasteiger charge is -2.24. The summed E-state index contributed by atoms with van der Waals surface area (Å²) in [6.07, 6.45) is -3.91. The van der Waals surface area contributed by atoms with Gasteiger partial charge in [-0.05, 0) is 32.6 Å². The van der Waals surface area contributed by atoms with Crippen LogP contribution in [0.3, 0.4) is 0 Å². The van der Waals surface area contributed by atoms with Gasteiger partial charge in [0.25, 0.3) is 30.4 Å². The summed E-state index contributed by atoms with van der Waals surface area (Å²) < 4.78 is 121. The maximum atomic E-state index is 11.5. The van der Waals surface area contributed by atoms with Crippen LogP contribution < -0.4 is 0 Å². The van der Waals surface area contributed by atoms with Gasteiger partial charge in [0.15, 0.2) is 0 Å². The molecule has 0 aliphatic carbocycles. The molecule has 26 heavy (non-hydrogen) atoms. The minimum absolute atomic E-state index is 0.226. The molecule has 0 radical (unpaired) electrons. The summed E-state index contributed by atoms with van der Waals surface area (Å²) in [6, 6.07) is 0. The molecule has 12 nitrogen and oxygen atoms in total. The van der Waals surface area contributed by atoms with Crippen molar-refractivity contribution in [2.24, 2.45) is 0 Å². The summed E-state index contributed by atoms with van der Waals surface area (Å²) in [5.41, 5.74) is 0. The van der Waals surface area contributed by atoms with E-state index in [1.54, 1.807) is 0 Å². The van der Waals surface area contributed by atoms with Gasteiger partial charge in [0, 0.05) is 0 Å². The Morgan fingerprint density at radius 3 is 1.50 bits per heavy atom. The van der Waals surface area contributed by atoms with Crippen molar-refractivity contribution in [1.82, 2.24) is 0 Å². The second kappa shape index (κ2) is 9.83. The fourth-order valence-electron chi connectivity index (χ4n) is 2.31. The Bertz CT molecular complexity index is 784. The highest BCUT2D eigenvalue weighted by atomic mass is 32.2. The van der Waals surface area contributed by atoms with Gasteiger partial charge in [-0.3, -0.25) is 17.8 Å². The maximum Gasteiger partial charge on any atom is 0.267 e. The van der Waals surface area contributed by atoms with Crippen LogP contribution in [0.15, 0.2) is 0 Å². The van der Waals surface area contributed by atoms with Crippen molar-refractivity contribution >= 4 is 41.7 Å². The van der Waals surface area contributed by atoms with E-state index >= 15 is 0 Å². The number of hydrogen-bond donors (Lipinski definition) is 3. The quantitative estimate of drug-likeness (QED) is 0.248. The Balaban J connectivity index is 5.64. The van der Waals surface area contributed by atoms with Crippen LogP contribution in [0.5, 0.6) is 0 Å². The lowest BCUT2D eigenvalue weighted by molar-refractivity contribution is 0.203. The highest BCUT2D eigenvalue weighted by Gasteiger charge is 2.37. The number of rotatable bonds is 12. The van der Waals surface area contributed by atoms with E-state index in [0.29, 0.717) is 0 Å². The average molecular weight is 462 g/mol. The molecule has 0 amide bonds. The molecule has 0 spiro atoms. The van der Waals surface area contributed by atoms with Crippen LogP contribution >= 0.6 is 0 Å². The van der Waals surface area contributed by atoms with E-state index in [9.17, 15) is 43.1 Å². The van der Waals surface area contributed by atoms with E-state index in [0.717, 1.165) is 6.92 Å². The van der Waals surface area contributed by atoms with E-state index in [-0.39, 0.29) is 6.42 Å². The zero-order valence-electron chi connectivity index (χ0n) is 13.8. The normalized spacial score (nSPS) is 19.5. The van der Waals surface area contributed by atoms with Crippen LogP contribution in [0, 0.1) is 0 Å². The maximum absolute atomic E-state index is 11.5. The van der Waals surface area contributed by atoms with Gasteiger partial charge in [0.1, 0.15) is 0 Å². The van der Waals surface area contributed by atoms with E-state index in [1.165, 1.54) is 6.92 Å². The summed E-state index contributed by atoms with van der Waals surface area (Å²) in [5.74, 6) is 0. The molecular weight excluding hydrogens is 440 g/mol. The molecule has 0 fully saturated rings. The van der Waals surface area contributed by atoms with E-state index < -0.39 is 82.8 Å². The third-order valence-corrected chi connectivity index (χ3v) is 7.92. The van der Waals surface area contributed by atoms with Crippen molar-refractivity contribution in [2.45, 2.75) is 61.4 Å². The largest absolute Gasteiger partial charge is 0.750 e. The minimum atomic E-state index is -4.96. The predicted molar refractivity (Wildman–Crippen MR) is 89.6 cm³/mol. The first-order valence-electron chi connectivity index (χ1n) is 7.13. The highest BCUT2D eigenvalue weighted by molar-refractivity contribution is 7.88. The SMILES string of the molecule is CCC(CC(CC(CC(C)OS(=O)[O-])S(=O)(=O)O)S(=O)(=O)O)S(=O)(=O)O. The Labute approximate surface area is 155 Å². The summed E-state index contributed by atoms with van der Waals surface area (Å²) in [6.45, 7) is 2.46. The van der Waals surface area contributed by atoms with Gasteiger partial charge >= 0.3 is 0 Å². The van der Waals surface area contributed by atoms with Gasteiger partial charge in [-0.1, -0.05) is 6.92 Å². The van der Waals surface area contributed by atoms with Crippen LogP contribution in [-0.2, 0) is 45.9 Å². The summed E-state index contributed by atoms with van der Waals surface area (Å²) in [5, 5.41) is -5.42. The lowest BCUT2D eigenvalue weighted by Crippen LogP contribution is -2.36. The molecule has 0 aromatic rings. The van der Waals surface area contributed by atoms with Gasteiger partial charge in [0.05, 0.1) is 33.2 Å². The van der Waals surface area contributed by atoms with Crippen molar-refractivity contribution < 1.29 is 51.9 Å². The van der Waals surface area contributed by atoms with E-state index in [4.69, 9.17) is 4.55 Å². The van der Waals surface area contributed by atoms with Crippen molar-refractivity contribution in [3.8, 4) is 0 Å². The molecule has 0 aromatic heterocycles. The van der Waals surface area contributed by atoms with Crippen molar-refractivity contribution in [3.63, 3.8) is 0 Å². The molecule has 0 heterocycles. The Kier molecular flexibility index (Phi) is 9.76. The fourth-order valence-corrected chi connectivity index (χ4v) is 5.74. The minimum Gasteiger partial charge on any atom is -0.750 e. The second-order valence-electron chi connectivity index (χ2n) is 5.64.